The van der Waals surface area contributed by atoms with Crippen LogP contribution in [0.3, 0.4) is 0 Å². The minimum absolute atomic E-state index is 0.0196. The number of nitrogens with one attached hydrogen (secondary N) is 2. The zero-order valence-electron chi connectivity index (χ0n) is 13.5. The van der Waals surface area contributed by atoms with E-state index < -0.39 is 0 Å². The van der Waals surface area contributed by atoms with Gasteiger partial charge in [-0.3, -0.25) is 9.59 Å². The molecule has 0 aromatic heterocycles. The molecule has 2 aromatic rings. The fourth-order valence-electron chi connectivity index (χ4n) is 2.20. The molecule has 0 bridgehead atoms. The maximum Gasteiger partial charge on any atom is 0.251 e. The number of aryl methyl sites for hydroxylation is 1. The third-order valence-corrected chi connectivity index (χ3v) is 3.70. The third kappa shape index (κ3) is 5.25. The lowest BCUT2D eigenvalue weighted by molar-refractivity contribution is -0.120. The van der Waals surface area contributed by atoms with Gasteiger partial charge < -0.3 is 10.6 Å². The molecule has 0 aliphatic carbocycles. The Kier molecular flexibility index (Phi) is 5.92. The molecule has 2 rings (SSSR count). The third-order valence-electron chi connectivity index (χ3n) is 3.70. The molecule has 1 atom stereocenters. The van der Waals surface area contributed by atoms with Crippen LogP contribution >= 0.6 is 0 Å². The molecule has 0 aliphatic rings. The molecular weight excluding hydrogens is 288 g/mol. The molecular formula is C19H22N2O2. The van der Waals surface area contributed by atoms with Crippen LogP contribution in [0.4, 0.5) is 0 Å². The van der Waals surface area contributed by atoms with Gasteiger partial charge in [-0.1, -0.05) is 55.0 Å². The Morgan fingerprint density at radius 2 is 1.61 bits per heavy atom. The Hall–Kier alpha value is -2.62. The molecule has 0 saturated heterocycles. The van der Waals surface area contributed by atoms with Crippen molar-refractivity contribution in [3.63, 3.8) is 0 Å². The van der Waals surface area contributed by atoms with Crippen molar-refractivity contribution < 1.29 is 9.59 Å². The number of hydrogen-bond donors (Lipinski definition) is 2. The molecule has 1 unspecified atom stereocenters. The van der Waals surface area contributed by atoms with Crippen LogP contribution in [0.1, 0.15) is 34.3 Å². The molecule has 2 aromatic carbocycles. The van der Waals surface area contributed by atoms with Gasteiger partial charge in [-0.2, -0.15) is 0 Å². The zero-order valence-corrected chi connectivity index (χ0v) is 13.5. The van der Waals surface area contributed by atoms with Gasteiger partial charge in [-0.15, -0.1) is 0 Å². The zero-order chi connectivity index (χ0) is 16.7. The van der Waals surface area contributed by atoms with Crippen molar-refractivity contribution in [2.45, 2.75) is 19.8 Å². The summed E-state index contributed by atoms with van der Waals surface area (Å²) in [5, 5.41) is 5.47. The standard InChI is InChI=1S/C19H22N2O2/c1-14-8-10-17(11-9-14)19(23)21-13-18(22)20-12-15(2)16-6-4-3-5-7-16/h3-11,15H,12-13H2,1-2H3,(H,20,22)(H,21,23). The van der Waals surface area contributed by atoms with Gasteiger partial charge in [0.05, 0.1) is 6.54 Å². The summed E-state index contributed by atoms with van der Waals surface area (Å²) in [6.07, 6.45) is 0. The average Bonchev–Trinajstić information content (AvgIpc) is 2.59. The van der Waals surface area contributed by atoms with Gasteiger partial charge in [-0.05, 0) is 30.5 Å². The number of rotatable bonds is 6. The average molecular weight is 310 g/mol. The van der Waals surface area contributed by atoms with E-state index in [1.54, 1.807) is 12.1 Å². The molecule has 0 saturated carbocycles. The minimum Gasteiger partial charge on any atom is -0.354 e. The Balaban J connectivity index is 1.75. The van der Waals surface area contributed by atoms with Crippen LogP contribution in [0.2, 0.25) is 0 Å². The van der Waals surface area contributed by atoms with Crippen molar-refractivity contribution in [1.29, 1.82) is 0 Å². The quantitative estimate of drug-likeness (QED) is 0.862. The van der Waals surface area contributed by atoms with E-state index in [1.165, 1.54) is 5.56 Å². The Bertz CT molecular complexity index is 651. The van der Waals surface area contributed by atoms with E-state index in [0.29, 0.717) is 12.1 Å². The summed E-state index contributed by atoms with van der Waals surface area (Å²) in [6, 6.07) is 17.2. The van der Waals surface area contributed by atoms with E-state index in [9.17, 15) is 9.59 Å². The SMILES string of the molecule is Cc1ccc(C(=O)NCC(=O)NCC(C)c2ccccc2)cc1. The molecule has 4 nitrogen and oxygen atoms in total. The van der Waals surface area contributed by atoms with Crippen LogP contribution in [0, 0.1) is 6.92 Å². The molecule has 23 heavy (non-hydrogen) atoms. The van der Waals surface area contributed by atoms with Crippen molar-refractivity contribution in [1.82, 2.24) is 10.6 Å². The van der Waals surface area contributed by atoms with Crippen LogP contribution in [-0.2, 0) is 4.79 Å². The van der Waals surface area contributed by atoms with Crippen LogP contribution in [0.15, 0.2) is 54.6 Å². The second-order valence-electron chi connectivity index (χ2n) is 5.66. The lowest BCUT2D eigenvalue weighted by Gasteiger charge is -2.13. The summed E-state index contributed by atoms with van der Waals surface area (Å²) >= 11 is 0. The molecule has 0 aliphatic heterocycles. The van der Waals surface area contributed by atoms with E-state index >= 15 is 0 Å². The molecule has 0 radical (unpaired) electrons. The summed E-state index contributed by atoms with van der Waals surface area (Å²) in [7, 11) is 0. The highest BCUT2D eigenvalue weighted by Crippen LogP contribution is 2.12. The first kappa shape index (κ1) is 16.7. The van der Waals surface area contributed by atoms with E-state index in [2.05, 4.69) is 17.6 Å². The van der Waals surface area contributed by atoms with Gasteiger partial charge in [0.1, 0.15) is 0 Å². The predicted octanol–water partition coefficient (Wildman–Crippen LogP) is 2.64. The molecule has 2 N–H and O–H groups in total. The number of hydrogen-bond acceptors (Lipinski definition) is 2. The van der Waals surface area contributed by atoms with Gasteiger partial charge in [-0.25, -0.2) is 0 Å². The first-order chi connectivity index (χ1) is 11.1. The van der Waals surface area contributed by atoms with Crippen molar-refractivity contribution in [3.8, 4) is 0 Å². The van der Waals surface area contributed by atoms with E-state index in [4.69, 9.17) is 0 Å². The first-order valence-electron chi connectivity index (χ1n) is 7.73. The smallest absolute Gasteiger partial charge is 0.251 e. The Morgan fingerprint density at radius 1 is 0.957 bits per heavy atom. The summed E-state index contributed by atoms with van der Waals surface area (Å²) in [6.45, 7) is 4.54. The number of carbonyl (C=O) groups excluding carboxylic acids is 2. The monoisotopic (exact) mass is 310 g/mol. The van der Waals surface area contributed by atoms with Crippen LogP contribution in [-0.4, -0.2) is 24.9 Å². The summed E-state index contributed by atoms with van der Waals surface area (Å²) in [4.78, 5) is 23.8. The molecule has 2 amide bonds. The minimum atomic E-state index is -0.240. The van der Waals surface area contributed by atoms with E-state index in [-0.39, 0.29) is 24.3 Å². The number of benzene rings is 2. The van der Waals surface area contributed by atoms with Crippen LogP contribution in [0.5, 0.6) is 0 Å². The maximum absolute atomic E-state index is 11.9. The molecule has 120 valence electrons. The highest BCUT2D eigenvalue weighted by molar-refractivity contribution is 5.96. The van der Waals surface area contributed by atoms with Crippen molar-refractivity contribution in [2.75, 3.05) is 13.1 Å². The number of carbonyl (C=O) groups is 2. The molecule has 0 spiro atoms. The van der Waals surface area contributed by atoms with Gasteiger partial charge in [0.25, 0.3) is 5.91 Å². The largest absolute Gasteiger partial charge is 0.354 e. The van der Waals surface area contributed by atoms with E-state index in [0.717, 1.165) is 5.56 Å². The highest BCUT2D eigenvalue weighted by atomic mass is 16.2. The topological polar surface area (TPSA) is 58.2 Å². The highest BCUT2D eigenvalue weighted by Gasteiger charge is 2.10. The Morgan fingerprint density at radius 3 is 2.26 bits per heavy atom. The summed E-state index contributed by atoms with van der Waals surface area (Å²) in [5.74, 6) is -0.197. The van der Waals surface area contributed by atoms with Crippen molar-refractivity contribution >= 4 is 11.8 Å². The second kappa shape index (κ2) is 8.13. The predicted molar refractivity (Wildman–Crippen MR) is 91.4 cm³/mol. The molecule has 0 heterocycles. The number of amides is 2. The molecule has 4 heteroatoms. The second-order valence-corrected chi connectivity index (χ2v) is 5.66. The van der Waals surface area contributed by atoms with Gasteiger partial charge >= 0.3 is 0 Å². The van der Waals surface area contributed by atoms with Crippen molar-refractivity contribution in [2.24, 2.45) is 0 Å². The lowest BCUT2D eigenvalue weighted by Crippen LogP contribution is -2.38. The van der Waals surface area contributed by atoms with Gasteiger partial charge in [0.2, 0.25) is 5.91 Å². The van der Waals surface area contributed by atoms with E-state index in [1.807, 2.05) is 49.4 Å². The lowest BCUT2D eigenvalue weighted by atomic mass is 10.0. The fraction of sp³-hybridized carbons (Fsp3) is 0.263. The Labute approximate surface area is 136 Å². The van der Waals surface area contributed by atoms with Crippen molar-refractivity contribution in [3.05, 3.63) is 71.3 Å². The fourth-order valence-corrected chi connectivity index (χ4v) is 2.20. The summed E-state index contributed by atoms with van der Waals surface area (Å²) in [5.41, 5.74) is 2.83. The van der Waals surface area contributed by atoms with Crippen LogP contribution < -0.4 is 10.6 Å². The summed E-state index contributed by atoms with van der Waals surface area (Å²) < 4.78 is 0. The first-order valence-corrected chi connectivity index (χ1v) is 7.73. The molecule has 0 fully saturated rings. The van der Waals surface area contributed by atoms with Gasteiger partial charge in [0, 0.05) is 12.1 Å². The van der Waals surface area contributed by atoms with Gasteiger partial charge in [0.15, 0.2) is 0 Å². The maximum atomic E-state index is 11.9. The van der Waals surface area contributed by atoms with Crippen LogP contribution in [0.25, 0.3) is 0 Å². The normalized spacial score (nSPS) is 11.6.